The molecule has 18 heavy (non-hydrogen) atoms. The van der Waals surface area contributed by atoms with Crippen LogP contribution >= 0.6 is 11.6 Å². The van der Waals surface area contributed by atoms with Crippen LogP contribution in [-0.2, 0) is 0 Å². The van der Waals surface area contributed by atoms with Crippen molar-refractivity contribution in [3.05, 3.63) is 34.6 Å². The largest absolute Gasteiger partial charge is 0.389 e. The molecule has 0 spiro atoms. The molecule has 0 fully saturated rings. The van der Waals surface area contributed by atoms with E-state index in [2.05, 4.69) is 5.43 Å². The minimum atomic E-state index is -4.20. The summed E-state index contributed by atoms with van der Waals surface area (Å²) in [6.07, 6.45) is -5.09. The number of rotatable bonds is 5. The van der Waals surface area contributed by atoms with Crippen molar-refractivity contribution in [3.8, 4) is 0 Å². The fourth-order valence-electron chi connectivity index (χ4n) is 1.62. The molecular weight excluding hydrogens is 272 g/mol. The van der Waals surface area contributed by atoms with Gasteiger partial charge >= 0.3 is 6.18 Å². The molecule has 0 saturated heterocycles. The van der Waals surface area contributed by atoms with Gasteiger partial charge in [0.2, 0.25) is 0 Å². The number of hydrogen-bond donors (Lipinski definition) is 2. The third-order valence-corrected chi connectivity index (χ3v) is 2.91. The highest BCUT2D eigenvalue weighted by Gasteiger charge is 2.27. The Labute approximate surface area is 107 Å². The molecule has 1 aromatic rings. The fourth-order valence-corrected chi connectivity index (χ4v) is 1.88. The van der Waals surface area contributed by atoms with Crippen LogP contribution < -0.4 is 11.3 Å². The number of alkyl halides is 3. The highest BCUT2D eigenvalue weighted by Crippen LogP contribution is 2.30. The topological polar surface area (TPSA) is 38.0 Å². The van der Waals surface area contributed by atoms with Crippen molar-refractivity contribution in [3.63, 3.8) is 0 Å². The van der Waals surface area contributed by atoms with Crippen LogP contribution in [0, 0.1) is 5.82 Å². The van der Waals surface area contributed by atoms with E-state index in [4.69, 9.17) is 17.4 Å². The van der Waals surface area contributed by atoms with E-state index in [1.807, 2.05) is 0 Å². The lowest BCUT2D eigenvalue weighted by Gasteiger charge is -2.18. The van der Waals surface area contributed by atoms with Gasteiger partial charge in [0, 0.05) is 12.5 Å². The lowest BCUT2D eigenvalue weighted by molar-refractivity contribution is -0.135. The van der Waals surface area contributed by atoms with Crippen molar-refractivity contribution in [1.82, 2.24) is 5.43 Å². The molecule has 7 heteroatoms. The third kappa shape index (κ3) is 4.44. The van der Waals surface area contributed by atoms with Crippen molar-refractivity contribution in [2.75, 3.05) is 0 Å². The van der Waals surface area contributed by atoms with Gasteiger partial charge in [0.25, 0.3) is 0 Å². The molecule has 0 aliphatic rings. The van der Waals surface area contributed by atoms with Crippen molar-refractivity contribution >= 4 is 11.6 Å². The molecule has 0 aromatic heterocycles. The smallest absolute Gasteiger partial charge is 0.271 e. The predicted octanol–water partition coefficient (Wildman–Crippen LogP) is 3.72. The molecule has 0 saturated carbocycles. The Hall–Kier alpha value is -0.850. The van der Waals surface area contributed by atoms with Gasteiger partial charge in [0.1, 0.15) is 5.82 Å². The van der Waals surface area contributed by atoms with Crippen LogP contribution in [0.25, 0.3) is 0 Å². The highest BCUT2D eigenvalue weighted by atomic mass is 35.5. The Morgan fingerprint density at radius 3 is 2.56 bits per heavy atom. The molecule has 0 aliphatic carbocycles. The number of halogens is 5. The summed E-state index contributed by atoms with van der Waals surface area (Å²) in [6.45, 7) is 0. The summed E-state index contributed by atoms with van der Waals surface area (Å²) in [5, 5.41) is -0.118. The third-order valence-electron chi connectivity index (χ3n) is 2.51. The Morgan fingerprint density at radius 2 is 2.00 bits per heavy atom. The number of nitrogens with one attached hydrogen (secondary N) is 1. The molecule has 0 radical (unpaired) electrons. The first kappa shape index (κ1) is 15.2. The molecule has 1 rings (SSSR count). The number of hydrogen-bond acceptors (Lipinski definition) is 2. The first-order valence-corrected chi connectivity index (χ1v) is 5.69. The molecular formula is C11H13ClF4N2. The van der Waals surface area contributed by atoms with Crippen molar-refractivity contribution in [1.29, 1.82) is 0 Å². The quantitative estimate of drug-likeness (QED) is 0.491. The van der Waals surface area contributed by atoms with Crippen LogP contribution in [0.2, 0.25) is 5.02 Å². The molecule has 2 nitrogen and oxygen atoms in total. The average molecular weight is 285 g/mol. The Morgan fingerprint density at radius 1 is 1.33 bits per heavy atom. The van der Waals surface area contributed by atoms with Gasteiger partial charge in [0.15, 0.2) is 0 Å². The Kier molecular flexibility index (Phi) is 5.37. The van der Waals surface area contributed by atoms with Crippen molar-refractivity contribution in [2.24, 2.45) is 5.84 Å². The van der Waals surface area contributed by atoms with Crippen LogP contribution in [0.1, 0.15) is 30.9 Å². The molecule has 0 aliphatic heterocycles. The van der Waals surface area contributed by atoms with Crippen LogP contribution in [0.3, 0.4) is 0 Å². The fraction of sp³-hybridized carbons (Fsp3) is 0.455. The molecule has 1 aromatic carbocycles. The van der Waals surface area contributed by atoms with E-state index in [1.54, 1.807) is 0 Å². The second-order valence-corrected chi connectivity index (χ2v) is 4.25. The molecule has 0 heterocycles. The maximum atomic E-state index is 13.2. The van der Waals surface area contributed by atoms with Crippen LogP contribution in [0.15, 0.2) is 18.2 Å². The molecule has 1 atom stereocenters. The normalized spacial score (nSPS) is 13.7. The van der Waals surface area contributed by atoms with Gasteiger partial charge in [-0.1, -0.05) is 23.7 Å². The van der Waals surface area contributed by atoms with E-state index in [9.17, 15) is 17.6 Å². The Bertz CT molecular complexity index is 395. The van der Waals surface area contributed by atoms with E-state index in [1.165, 1.54) is 18.2 Å². The number of benzene rings is 1. The minimum Gasteiger partial charge on any atom is -0.271 e. The van der Waals surface area contributed by atoms with Gasteiger partial charge in [-0.3, -0.25) is 11.3 Å². The summed E-state index contributed by atoms with van der Waals surface area (Å²) in [4.78, 5) is 0. The SMILES string of the molecule is NNC(CCCC(F)(F)F)c1cccc(F)c1Cl. The zero-order valence-corrected chi connectivity index (χ0v) is 10.2. The van der Waals surface area contributed by atoms with Gasteiger partial charge in [0.05, 0.1) is 5.02 Å². The summed E-state index contributed by atoms with van der Waals surface area (Å²) in [6, 6.07) is 3.54. The molecule has 3 N–H and O–H groups in total. The summed E-state index contributed by atoms with van der Waals surface area (Å²) >= 11 is 5.74. The van der Waals surface area contributed by atoms with E-state index < -0.39 is 24.5 Å². The van der Waals surface area contributed by atoms with Crippen LogP contribution in [0.4, 0.5) is 17.6 Å². The second-order valence-electron chi connectivity index (χ2n) is 3.87. The second kappa shape index (κ2) is 6.36. The Balaban J connectivity index is 2.69. The first-order valence-electron chi connectivity index (χ1n) is 5.32. The van der Waals surface area contributed by atoms with Gasteiger partial charge in [-0.05, 0) is 24.5 Å². The van der Waals surface area contributed by atoms with E-state index in [0.717, 1.165) is 0 Å². The van der Waals surface area contributed by atoms with E-state index >= 15 is 0 Å². The van der Waals surface area contributed by atoms with Crippen LogP contribution in [0.5, 0.6) is 0 Å². The molecule has 102 valence electrons. The average Bonchev–Trinajstić information content (AvgIpc) is 2.27. The monoisotopic (exact) mass is 284 g/mol. The summed E-state index contributed by atoms with van der Waals surface area (Å²) in [5.41, 5.74) is 2.72. The van der Waals surface area contributed by atoms with Crippen molar-refractivity contribution in [2.45, 2.75) is 31.5 Å². The first-order chi connectivity index (χ1) is 8.35. The highest BCUT2D eigenvalue weighted by molar-refractivity contribution is 6.31. The minimum absolute atomic E-state index is 0.106. The molecule has 0 amide bonds. The van der Waals surface area contributed by atoms with Gasteiger partial charge in [-0.25, -0.2) is 4.39 Å². The lowest BCUT2D eigenvalue weighted by atomic mass is 10.0. The predicted molar refractivity (Wildman–Crippen MR) is 61.4 cm³/mol. The number of hydrazine groups is 1. The molecule has 0 bridgehead atoms. The number of nitrogens with two attached hydrogens (primary N) is 1. The van der Waals surface area contributed by atoms with Gasteiger partial charge < -0.3 is 0 Å². The lowest BCUT2D eigenvalue weighted by Crippen LogP contribution is -2.28. The van der Waals surface area contributed by atoms with Gasteiger partial charge in [-0.2, -0.15) is 13.2 Å². The van der Waals surface area contributed by atoms with E-state index in [0.29, 0.717) is 5.56 Å². The zero-order chi connectivity index (χ0) is 13.8. The van der Waals surface area contributed by atoms with Crippen LogP contribution in [-0.4, -0.2) is 6.18 Å². The summed E-state index contributed by atoms with van der Waals surface area (Å²) in [7, 11) is 0. The summed E-state index contributed by atoms with van der Waals surface area (Å²) in [5.74, 6) is 4.64. The maximum Gasteiger partial charge on any atom is 0.389 e. The molecule has 1 unspecified atom stereocenters. The van der Waals surface area contributed by atoms with Crippen molar-refractivity contribution < 1.29 is 17.6 Å². The summed E-state index contributed by atoms with van der Waals surface area (Å²) < 4.78 is 49.3. The maximum absolute atomic E-state index is 13.2. The van der Waals surface area contributed by atoms with E-state index in [-0.39, 0.29) is 17.9 Å². The van der Waals surface area contributed by atoms with Gasteiger partial charge in [-0.15, -0.1) is 0 Å². The zero-order valence-electron chi connectivity index (χ0n) is 9.40. The standard InChI is InChI=1S/C11H13ClF4N2/c12-10-7(3-1-4-8(10)13)9(18-17)5-2-6-11(14,15)16/h1,3-4,9,18H,2,5-6,17H2.